The zero-order valence-corrected chi connectivity index (χ0v) is 14.0. The Labute approximate surface area is 140 Å². The van der Waals surface area contributed by atoms with Crippen molar-refractivity contribution in [2.75, 3.05) is 13.7 Å². The van der Waals surface area contributed by atoms with Gasteiger partial charge < -0.3 is 9.64 Å². The fourth-order valence-corrected chi connectivity index (χ4v) is 3.60. The van der Waals surface area contributed by atoms with Crippen LogP contribution in [0.1, 0.15) is 21.5 Å². The van der Waals surface area contributed by atoms with Crippen molar-refractivity contribution >= 4 is 15.9 Å². The Bertz CT molecular complexity index is 879. The maximum Gasteiger partial charge on any atom is 0.254 e. The first-order chi connectivity index (χ1) is 11.4. The van der Waals surface area contributed by atoms with Crippen molar-refractivity contribution in [2.24, 2.45) is 5.14 Å². The minimum Gasteiger partial charge on any atom is -0.495 e. The lowest BCUT2D eigenvalue weighted by Gasteiger charge is -2.29. The van der Waals surface area contributed by atoms with Gasteiger partial charge in [-0.2, -0.15) is 0 Å². The number of sulfonamides is 1. The van der Waals surface area contributed by atoms with E-state index in [1.165, 1.54) is 19.2 Å². The molecule has 0 saturated carbocycles. The molecule has 24 heavy (non-hydrogen) atoms. The van der Waals surface area contributed by atoms with Gasteiger partial charge in [0.15, 0.2) is 0 Å². The van der Waals surface area contributed by atoms with Crippen LogP contribution >= 0.6 is 0 Å². The molecule has 7 heteroatoms. The van der Waals surface area contributed by atoms with Crippen LogP contribution < -0.4 is 9.88 Å². The lowest BCUT2D eigenvalue weighted by molar-refractivity contribution is 0.0726. The highest BCUT2D eigenvalue weighted by molar-refractivity contribution is 7.89. The second kappa shape index (κ2) is 6.26. The largest absolute Gasteiger partial charge is 0.495 e. The summed E-state index contributed by atoms with van der Waals surface area (Å²) < 4.78 is 28.5. The van der Waals surface area contributed by atoms with Crippen LogP contribution in [0.25, 0.3) is 0 Å². The van der Waals surface area contributed by atoms with Gasteiger partial charge in [0.25, 0.3) is 5.91 Å². The average molecular weight is 346 g/mol. The van der Waals surface area contributed by atoms with Gasteiger partial charge in [-0.15, -0.1) is 0 Å². The van der Waals surface area contributed by atoms with Gasteiger partial charge in [0.1, 0.15) is 10.6 Å². The quantitative estimate of drug-likeness (QED) is 0.909. The van der Waals surface area contributed by atoms with Crippen LogP contribution in [0.15, 0.2) is 47.4 Å². The van der Waals surface area contributed by atoms with E-state index in [0.717, 1.165) is 5.56 Å². The lowest BCUT2D eigenvalue weighted by Crippen LogP contribution is -2.37. The molecule has 1 aliphatic heterocycles. The molecule has 0 aromatic heterocycles. The number of carbonyl (C=O) groups is 1. The van der Waals surface area contributed by atoms with Gasteiger partial charge in [0.2, 0.25) is 10.0 Å². The van der Waals surface area contributed by atoms with Gasteiger partial charge in [-0.25, -0.2) is 13.6 Å². The summed E-state index contributed by atoms with van der Waals surface area (Å²) in [4.78, 5) is 14.4. The molecule has 0 bridgehead atoms. The predicted molar refractivity (Wildman–Crippen MR) is 89.3 cm³/mol. The van der Waals surface area contributed by atoms with Gasteiger partial charge in [-0.1, -0.05) is 30.3 Å². The van der Waals surface area contributed by atoms with Gasteiger partial charge in [0, 0.05) is 18.7 Å². The molecule has 0 atom stereocenters. The molecule has 0 aliphatic carbocycles. The number of hydrogen-bond donors (Lipinski definition) is 1. The van der Waals surface area contributed by atoms with Crippen molar-refractivity contribution < 1.29 is 17.9 Å². The number of nitrogens with zero attached hydrogens (tertiary/aromatic N) is 1. The monoisotopic (exact) mass is 346 g/mol. The summed E-state index contributed by atoms with van der Waals surface area (Å²) in [6.07, 6.45) is 0.570. The van der Waals surface area contributed by atoms with Crippen LogP contribution in [0, 0.1) is 0 Å². The Morgan fingerprint density at radius 1 is 1.21 bits per heavy atom. The zero-order valence-electron chi connectivity index (χ0n) is 13.2. The number of fused-ring (bicyclic) bond motifs is 1. The number of primary sulfonamides is 1. The molecule has 0 saturated heterocycles. The van der Waals surface area contributed by atoms with Crippen molar-refractivity contribution in [3.8, 4) is 5.75 Å². The summed E-state index contributed by atoms with van der Waals surface area (Å²) in [5.41, 5.74) is 2.18. The third-order valence-corrected chi connectivity index (χ3v) is 5.01. The van der Waals surface area contributed by atoms with E-state index in [1.807, 2.05) is 30.3 Å². The summed E-state index contributed by atoms with van der Waals surface area (Å²) >= 11 is 0. The van der Waals surface area contributed by atoms with E-state index in [0.29, 0.717) is 30.6 Å². The number of hydrogen-bond acceptors (Lipinski definition) is 4. The third-order valence-electron chi connectivity index (χ3n) is 4.08. The number of methoxy groups -OCH3 is 1. The molecular weight excluding hydrogens is 328 g/mol. The predicted octanol–water partition coefficient (Wildman–Crippen LogP) is 1.54. The Morgan fingerprint density at radius 3 is 2.54 bits per heavy atom. The van der Waals surface area contributed by atoms with Crippen molar-refractivity contribution in [1.29, 1.82) is 0 Å². The summed E-state index contributed by atoms with van der Waals surface area (Å²) in [6.45, 7) is 1.04. The van der Waals surface area contributed by atoms with Gasteiger partial charge in [0.05, 0.1) is 7.11 Å². The van der Waals surface area contributed by atoms with E-state index >= 15 is 0 Å². The van der Waals surface area contributed by atoms with E-state index in [9.17, 15) is 13.2 Å². The summed E-state index contributed by atoms with van der Waals surface area (Å²) in [5, 5.41) is 5.23. The second-order valence-electron chi connectivity index (χ2n) is 5.67. The van der Waals surface area contributed by atoms with E-state index in [2.05, 4.69) is 0 Å². The minimum atomic E-state index is -3.91. The standard InChI is InChI=1S/C17H18N2O4S/c1-23-15-10-14-13(9-16(15)24(18,21)22)7-8-19(17(14)20)11-12-5-3-2-4-6-12/h2-6,9-10H,7-8,11H2,1H3,(H2,18,21,22). The summed E-state index contributed by atoms with van der Waals surface area (Å²) in [5.74, 6) is -0.0504. The van der Waals surface area contributed by atoms with Crippen molar-refractivity contribution in [1.82, 2.24) is 4.90 Å². The molecule has 2 aromatic carbocycles. The molecule has 0 unspecified atom stereocenters. The van der Waals surface area contributed by atoms with Crippen molar-refractivity contribution in [2.45, 2.75) is 17.9 Å². The summed E-state index contributed by atoms with van der Waals surface area (Å²) in [6, 6.07) is 12.6. The molecule has 2 aromatic rings. The smallest absolute Gasteiger partial charge is 0.254 e. The van der Waals surface area contributed by atoms with Crippen LogP contribution in [-0.4, -0.2) is 32.9 Å². The number of ether oxygens (including phenoxy) is 1. The molecule has 1 aliphatic rings. The van der Waals surface area contributed by atoms with Gasteiger partial charge in [-0.3, -0.25) is 4.79 Å². The lowest BCUT2D eigenvalue weighted by atomic mass is 9.98. The van der Waals surface area contributed by atoms with Crippen LogP contribution in [0.5, 0.6) is 5.75 Å². The molecule has 126 valence electrons. The van der Waals surface area contributed by atoms with Crippen LogP contribution in [0.4, 0.5) is 0 Å². The first-order valence-corrected chi connectivity index (χ1v) is 9.01. The maximum atomic E-state index is 12.7. The fourth-order valence-electron chi connectivity index (χ4n) is 2.87. The fraction of sp³-hybridized carbons (Fsp3) is 0.235. The molecule has 2 N–H and O–H groups in total. The second-order valence-corrected chi connectivity index (χ2v) is 7.20. The zero-order chi connectivity index (χ0) is 17.3. The highest BCUT2D eigenvalue weighted by Gasteiger charge is 2.28. The van der Waals surface area contributed by atoms with Crippen molar-refractivity contribution in [3.05, 3.63) is 59.2 Å². The molecule has 1 amide bonds. The Hall–Kier alpha value is -2.38. The summed E-state index contributed by atoms with van der Waals surface area (Å²) in [7, 11) is -2.56. The van der Waals surface area contributed by atoms with Crippen LogP contribution in [-0.2, 0) is 23.0 Å². The molecule has 3 rings (SSSR count). The van der Waals surface area contributed by atoms with E-state index in [-0.39, 0.29) is 16.6 Å². The Morgan fingerprint density at radius 2 is 1.92 bits per heavy atom. The topological polar surface area (TPSA) is 89.7 Å². The average Bonchev–Trinajstić information content (AvgIpc) is 2.56. The first kappa shape index (κ1) is 16.5. The molecule has 1 heterocycles. The van der Waals surface area contributed by atoms with Crippen molar-refractivity contribution in [3.63, 3.8) is 0 Å². The van der Waals surface area contributed by atoms with Gasteiger partial charge in [-0.05, 0) is 29.7 Å². The number of nitrogens with two attached hydrogens (primary N) is 1. The number of rotatable bonds is 4. The number of amides is 1. The maximum absolute atomic E-state index is 12.7. The van der Waals surface area contributed by atoms with Crippen LogP contribution in [0.3, 0.4) is 0 Å². The molecular formula is C17H18N2O4S. The highest BCUT2D eigenvalue weighted by Crippen LogP contribution is 2.30. The van der Waals surface area contributed by atoms with Crippen LogP contribution in [0.2, 0.25) is 0 Å². The number of benzene rings is 2. The van der Waals surface area contributed by atoms with Gasteiger partial charge >= 0.3 is 0 Å². The molecule has 6 nitrogen and oxygen atoms in total. The minimum absolute atomic E-state index is 0.0890. The van der Waals surface area contributed by atoms with E-state index < -0.39 is 10.0 Å². The van der Waals surface area contributed by atoms with E-state index in [1.54, 1.807) is 4.90 Å². The SMILES string of the molecule is COc1cc2c(cc1S(N)(=O)=O)CCN(Cc1ccccc1)C2=O. The van der Waals surface area contributed by atoms with E-state index in [4.69, 9.17) is 9.88 Å². The highest BCUT2D eigenvalue weighted by atomic mass is 32.2. The Kier molecular flexibility index (Phi) is 4.29. The Balaban J connectivity index is 1.96. The molecule has 0 radical (unpaired) electrons. The first-order valence-electron chi connectivity index (χ1n) is 7.47. The normalized spacial score (nSPS) is 14.4. The third kappa shape index (κ3) is 3.13. The molecule has 0 spiro atoms. The molecule has 0 fully saturated rings. The number of carbonyl (C=O) groups excluding carboxylic acids is 1.